The van der Waals surface area contributed by atoms with Crippen LogP contribution in [0.4, 0.5) is 0 Å². The quantitative estimate of drug-likeness (QED) is 0.335. The molecule has 0 radical (unpaired) electrons. The van der Waals surface area contributed by atoms with Gasteiger partial charge in [-0.15, -0.1) is 5.54 Å². The molecule has 1 aliphatic rings. The Bertz CT molecular complexity index is 442. The summed E-state index contributed by atoms with van der Waals surface area (Å²) in [6, 6.07) is 0. The van der Waals surface area contributed by atoms with E-state index in [0.29, 0.717) is 11.2 Å². The maximum atomic E-state index is 10.4. The van der Waals surface area contributed by atoms with Gasteiger partial charge >= 0.3 is 0 Å². The summed E-state index contributed by atoms with van der Waals surface area (Å²) in [4.78, 5) is 0.321. The molecule has 0 saturated carbocycles. The van der Waals surface area contributed by atoms with Gasteiger partial charge in [0.15, 0.2) is 0 Å². The molecule has 22 heavy (non-hydrogen) atoms. The second kappa shape index (κ2) is 9.72. The van der Waals surface area contributed by atoms with Gasteiger partial charge in [0.1, 0.15) is 8.07 Å². The fraction of sp³-hybridized carbons (Fsp3) is 0.667. The van der Waals surface area contributed by atoms with Crippen LogP contribution < -0.4 is 0 Å². The molecule has 0 aliphatic carbocycles. The molecule has 4 heteroatoms. The zero-order chi connectivity index (χ0) is 16.6. The van der Waals surface area contributed by atoms with Crippen molar-refractivity contribution in [2.24, 2.45) is 0 Å². The van der Waals surface area contributed by atoms with E-state index < -0.39 is 14.2 Å². The van der Waals surface area contributed by atoms with Crippen LogP contribution in [0.25, 0.3) is 0 Å². The van der Waals surface area contributed by atoms with Crippen LogP contribution in [0.1, 0.15) is 32.6 Å². The number of ether oxygens (including phenoxy) is 1. The molecule has 4 unspecified atom stereocenters. The molecule has 1 aliphatic heterocycles. The lowest BCUT2D eigenvalue weighted by atomic mass is 10.0. The molecule has 4 atom stereocenters. The van der Waals surface area contributed by atoms with Crippen molar-refractivity contribution in [2.45, 2.75) is 75.4 Å². The van der Waals surface area contributed by atoms with Gasteiger partial charge in [0.25, 0.3) is 0 Å². The third-order valence-electron chi connectivity index (χ3n) is 3.51. The van der Waals surface area contributed by atoms with E-state index in [4.69, 9.17) is 4.74 Å². The Labute approximate surface area is 145 Å². The summed E-state index contributed by atoms with van der Waals surface area (Å²) in [7, 11) is -1.31. The monoisotopic (exact) mass is 384 g/mol. The molecule has 2 nitrogen and oxygen atoms in total. The summed E-state index contributed by atoms with van der Waals surface area (Å²) < 4.78 is 6.11. The van der Waals surface area contributed by atoms with Crippen LogP contribution in [0.2, 0.25) is 19.6 Å². The Hall–Kier alpha value is -0.343. The van der Waals surface area contributed by atoms with E-state index in [2.05, 4.69) is 66.1 Å². The molecular weight excluding hydrogens is 356 g/mol. The fourth-order valence-electron chi connectivity index (χ4n) is 2.25. The van der Waals surface area contributed by atoms with E-state index >= 15 is 0 Å². The first-order valence-corrected chi connectivity index (χ1v) is 12.6. The van der Waals surface area contributed by atoms with Crippen molar-refractivity contribution in [3.05, 3.63) is 24.3 Å². The standard InChI is InChI=1S/C18H29BrO2Si/c1-5-17-15(19)11-8-9-13-18(21-17)16(20)12-7-6-10-14-22(2,3)4/h6-9,15-18,20H,5,11-13H2,1-4H3/b7-6+,9-8-. The highest BCUT2D eigenvalue weighted by atomic mass is 79.9. The first kappa shape index (κ1) is 19.7. The van der Waals surface area contributed by atoms with Gasteiger partial charge in [-0.3, -0.25) is 0 Å². The van der Waals surface area contributed by atoms with E-state index in [1.807, 2.05) is 12.2 Å². The molecule has 0 bridgehead atoms. The van der Waals surface area contributed by atoms with E-state index in [-0.39, 0.29) is 12.2 Å². The molecule has 1 rings (SSSR count). The van der Waals surface area contributed by atoms with Crippen molar-refractivity contribution < 1.29 is 9.84 Å². The van der Waals surface area contributed by atoms with Crippen LogP contribution >= 0.6 is 15.9 Å². The maximum Gasteiger partial charge on any atom is 0.129 e. The lowest BCUT2D eigenvalue weighted by Gasteiger charge is -2.30. The molecule has 0 aromatic heterocycles. The summed E-state index contributed by atoms with van der Waals surface area (Å²) in [5.74, 6) is 3.09. The fourth-order valence-corrected chi connectivity index (χ4v) is 3.48. The molecular formula is C18H29BrO2Si. The van der Waals surface area contributed by atoms with Crippen molar-refractivity contribution in [3.63, 3.8) is 0 Å². The van der Waals surface area contributed by atoms with Gasteiger partial charge in [-0.05, 0) is 31.8 Å². The summed E-state index contributed by atoms with van der Waals surface area (Å²) >= 11 is 3.68. The van der Waals surface area contributed by atoms with Crippen molar-refractivity contribution >= 4 is 24.0 Å². The first-order valence-electron chi connectivity index (χ1n) is 8.13. The largest absolute Gasteiger partial charge is 0.390 e. The number of aliphatic hydroxyl groups excluding tert-OH is 1. The SMILES string of the molecule is CCC1OC(C(O)C/C=C/C#C[Si](C)(C)C)C/C=C\CC1Br. The summed E-state index contributed by atoms with van der Waals surface area (Å²) in [6.07, 6.45) is 10.9. The molecule has 0 spiro atoms. The molecule has 0 amide bonds. The molecule has 0 saturated heterocycles. The van der Waals surface area contributed by atoms with E-state index in [1.165, 1.54) is 0 Å². The number of halogens is 1. The van der Waals surface area contributed by atoms with Gasteiger partial charge in [0, 0.05) is 4.83 Å². The minimum atomic E-state index is -1.31. The number of allylic oxidation sites excluding steroid dienone is 2. The van der Waals surface area contributed by atoms with Gasteiger partial charge in [0.2, 0.25) is 0 Å². The zero-order valence-corrected chi connectivity index (χ0v) is 16.8. The minimum Gasteiger partial charge on any atom is -0.390 e. The summed E-state index contributed by atoms with van der Waals surface area (Å²) in [5.41, 5.74) is 3.29. The molecule has 0 fully saturated rings. The number of alkyl halides is 1. The Morgan fingerprint density at radius 1 is 1.36 bits per heavy atom. The average Bonchev–Trinajstić information content (AvgIpc) is 2.42. The lowest BCUT2D eigenvalue weighted by Crippen LogP contribution is -2.36. The predicted octanol–water partition coefficient (Wildman–Crippen LogP) is 4.45. The molecule has 0 aromatic rings. The predicted molar refractivity (Wildman–Crippen MR) is 101 cm³/mol. The summed E-state index contributed by atoms with van der Waals surface area (Å²) in [5, 5.41) is 10.4. The van der Waals surface area contributed by atoms with Crippen molar-refractivity contribution in [1.82, 2.24) is 0 Å². The first-order chi connectivity index (χ1) is 10.3. The average molecular weight is 385 g/mol. The molecule has 124 valence electrons. The minimum absolute atomic E-state index is 0.142. The maximum absolute atomic E-state index is 10.4. The zero-order valence-electron chi connectivity index (χ0n) is 14.2. The Morgan fingerprint density at radius 3 is 2.68 bits per heavy atom. The third-order valence-corrected chi connectivity index (χ3v) is 5.36. The highest BCUT2D eigenvalue weighted by molar-refractivity contribution is 9.09. The third kappa shape index (κ3) is 7.78. The van der Waals surface area contributed by atoms with E-state index in [9.17, 15) is 5.11 Å². The van der Waals surface area contributed by atoms with Crippen LogP contribution in [-0.4, -0.2) is 36.3 Å². The van der Waals surface area contributed by atoms with Gasteiger partial charge in [-0.1, -0.05) is 66.6 Å². The number of aliphatic hydroxyl groups is 1. The molecule has 0 aromatic carbocycles. The number of hydrogen-bond acceptors (Lipinski definition) is 2. The Morgan fingerprint density at radius 2 is 2.05 bits per heavy atom. The molecule has 1 heterocycles. The normalized spacial score (nSPS) is 29.3. The lowest BCUT2D eigenvalue weighted by molar-refractivity contribution is -0.0755. The van der Waals surface area contributed by atoms with Crippen molar-refractivity contribution in [1.29, 1.82) is 0 Å². The second-order valence-electron chi connectivity index (χ2n) is 6.80. The van der Waals surface area contributed by atoms with Crippen LogP contribution in [-0.2, 0) is 4.74 Å². The smallest absolute Gasteiger partial charge is 0.129 e. The van der Waals surface area contributed by atoms with E-state index in [1.54, 1.807) is 0 Å². The highest BCUT2D eigenvalue weighted by Crippen LogP contribution is 2.24. The van der Waals surface area contributed by atoms with Gasteiger partial charge in [-0.25, -0.2) is 0 Å². The van der Waals surface area contributed by atoms with Gasteiger partial charge in [0.05, 0.1) is 18.3 Å². The van der Waals surface area contributed by atoms with Gasteiger partial charge < -0.3 is 9.84 Å². The van der Waals surface area contributed by atoms with Gasteiger partial charge in [-0.2, -0.15) is 0 Å². The Kier molecular flexibility index (Phi) is 8.70. The topological polar surface area (TPSA) is 29.5 Å². The number of hydrogen-bond donors (Lipinski definition) is 1. The number of rotatable bonds is 4. The second-order valence-corrected chi connectivity index (χ2v) is 12.7. The van der Waals surface area contributed by atoms with E-state index in [0.717, 1.165) is 19.3 Å². The summed E-state index contributed by atoms with van der Waals surface area (Å²) in [6.45, 7) is 8.79. The van der Waals surface area contributed by atoms with Crippen LogP contribution in [0.15, 0.2) is 24.3 Å². The highest BCUT2D eigenvalue weighted by Gasteiger charge is 2.26. The van der Waals surface area contributed by atoms with Crippen LogP contribution in [0.5, 0.6) is 0 Å². The van der Waals surface area contributed by atoms with Crippen molar-refractivity contribution in [3.8, 4) is 11.5 Å². The Balaban J connectivity index is 2.56. The van der Waals surface area contributed by atoms with Crippen LogP contribution in [0, 0.1) is 11.5 Å². The van der Waals surface area contributed by atoms with Crippen molar-refractivity contribution in [2.75, 3.05) is 0 Å². The van der Waals surface area contributed by atoms with Crippen LogP contribution in [0.3, 0.4) is 0 Å². The molecule has 1 N–H and O–H groups in total.